The van der Waals surface area contributed by atoms with E-state index >= 15 is 0 Å². The highest BCUT2D eigenvalue weighted by Crippen LogP contribution is 2.27. The Labute approximate surface area is 115 Å². The van der Waals surface area contributed by atoms with Crippen LogP contribution in [0.5, 0.6) is 5.75 Å². The Balaban J connectivity index is 2.13. The van der Waals surface area contributed by atoms with E-state index in [1.165, 1.54) is 11.8 Å². The molecule has 1 heterocycles. The van der Waals surface area contributed by atoms with E-state index in [-0.39, 0.29) is 0 Å². The first-order valence-electron chi connectivity index (χ1n) is 5.51. The van der Waals surface area contributed by atoms with Crippen molar-refractivity contribution in [2.45, 2.75) is 10.8 Å². The minimum absolute atomic E-state index is 0.424. The number of ether oxygens (including phenoxy) is 1. The zero-order chi connectivity index (χ0) is 13.7. The summed E-state index contributed by atoms with van der Waals surface area (Å²) in [5.41, 5.74) is 7.28. The van der Waals surface area contributed by atoms with E-state index in [1.54, 1.807) is 25.6 Å². The first-order chi connectivity index (χ1) is 9.24. The lowest BCUT2D eigenvalue weighted by Gasteiger charge is -2.06. The van der Waals surface area contributed by atoms with Crippen molar-refractivity contribution in [2.24, 2.45) is 0 Å². The number of nitrogens with zero attached hydrogens (tertiary/aromatic N) is 3. The Morgan fingerprint density at radius 2 is 2.16 bits per heavy atom. The van der Waals surface area contributed by atoms with Gasteiger partial charge in [0.25, 0.3) is 0 Å². The SMILES string of the molecule is COc1cc(CSc2nccnc2N)ccc1C#N. The highest BCUT2D eigenvalue weighted by molar-refractivity contribution is 7.98. The number of nitrogens with two attached hydrogens (primary N) is 1. The highest BCUT2D eigenvalue weighted by atomic mass is 32.2. The molecular formula is C13H12N4OS. The maximum atomic E-state index is 8.91. The van der Waals surface area contributed by atoms with Crippen LogP contribution in [0.2, 0.25) is 0 Å². The minimum atomic E-state index is 0.424. The van der Waals surface area contributed by atoms with Gasteiger partial charge in [-0.1, -0.05) is 17.8 Å². The summed E-state index contributed by atoms with van der Waals surface area (Å²) in [5, 5.41) is 9.61. The standard InChI is InChI=1S/C13H12N4OS/c1-18-11-6-9(2-3-10(11)7-14)8-19-13-12(15)16-4-5-17-13/h2-6H,8H2,1H3,(H2,15,16). The molecule has 96 valence electrons. The average Bonchev–Trinajstić information content (AvgIpc) is 2.46. The van der Waals surface area contributed by atoms with E-state index in [0.29, 0.717) is 27.9 Å². The molecule has 0 spiro atoms. The number of nitriles is 1. The monoisotopic (exact) mass is 272 g/mol. The molecule has 0 saturated heterocycles. The van der Waals surface area contributed by atoms with Crippen molar-refractivity contribution in [3.8, 4) is 11.8 Å². The molecule has 0 unspecified atom stereocenters. The normalized spacial score (nSPS) is 9.89. The summed E-state index contributed by atoms with van der Waals surface area (Å²) >= 11 is 1.50. The quantitative estimate of drug-likeness (QED) is 0.859. The second-order valence-corrected chi connectivity index (χ2v) is 4.65. The topological polar surface area (TPSA) is 84.8 Å². The predicted molar refractivity (Wildman–Crippen MR) is 73.7 cm³/mol. The van der Waals surface area contributed by atoms with Crippen LogP contribution in [0, 0.1) is 11.3 Å². The summed E-state index contributed by atoms with van der Waals surface area (Å²) in [7, 11) is 1.55. The summed E-state index contributed by atoms with van der Waals surface area (Å²) in [6, 6.07) is 7.56. The summed E-state index contributed by atoms with van der Waals surface area (Å²) in [6.45, 7) is 0. The van der Waals surface area contributed by atoms with Crippen LogP contribution >= 0.6 is 11.8 Å². The van der Waals surface area contributed by atoms with Crippen molar-refractivity contribution >= 4 is 17.6 Å². The third kappa shape index (κ3) is 3.14. The van der Waals surface area contributed by atoms with Gasteiger partial charge >= 0.3 is 0 Å². The van der Waals surface area contributed by atoms with Crippen LogP contribution < -0.4 is 10.5 Å². The van der Waals surface area contributed by atoms with E-state index in [9.17, 15) is 0 Å². The third-order valence-electron chi connectivity index (χ3n) is 2.45. The highest BCUT2D eigenvalue weighted by Gasteiger charge is 2.06. The predicted octanol–water partition coefficient (Wildman–Crippen LogP) is 2.23. The molecule has 2 N–H and O–H groups in total. The molecule has 0 aliphatic heterocycles. The number of benzene rings is 1. The van der Waals surface area contributed by atoms with Crippen LogP contribution in [0.3, 0.4) is 0 Å². The van der Waals surface area contributed by atoms with Gasteiger partial charge < -0.3 is 10.5 Å². The lowest BCUT2D eigenvalue weighted by Crippen LogP contribution is -1.95. The Kier molecular flexibility index (Phi) is 4.21. The number of thioether (sulfide) groups is 1. The van der Waals surface area contributed by atoms with E-state index < -0.39 is 0 Å². The second kappa shape index (κ2) is 6.07. The molecule has 0 atom stereocenters. The van der Waals surface area contributed by atoms with E-state index in [2.05, 4.69) is 16.0 Å². The Morgan fingerprint density at radius 3 is 2.84 bits per heavy atom. The molecule has 0 radical (unpaired) electrons. The molecule has 0 amide bonds. The number of hydrogen-bond acceptors (Lipinski definition) is 6. The van der Waals surface area contributed by atoms with Gasteiger partial charge in [0.1, 0.15) is 16.8 Å². The molecule has 0 aliphatic rings. The van der Waals surface area contributed by atoms with E-state index in [0.717, 1.165) is 5.56 Å². The first kappa shape index (κ1) is 13.2. The number of aromatic nitrogens is 2. The number of hydrogen-bond donors (Lipinski definition) is 1. The van der Waals surface area contributed by atoms with E-state index in [1.807, 2.05) is 12.1 Å². The van der Waals surface area contributed by atoms with Crippen molar-refractivity contribution < 1.29 is 4.74 Å². The summed E-state index contributed by atoms with van der Waals surface area (Å²) in [4.78, 5) is 8.14. The second-order valence-electron chi connectivity index (χ2n) is 3.68. The van der Waals surface area contributed by atoms with Crippen molar-refractivity contribution in [3.63, 3.8) is 0 Å². The van der Waals surface area contributed by atoms with Crippen molar-refractivity contribution in [3.05, 3.63) is 41.7 Å². The maximum Gasteiger partial charge on any atom is 0.156 e. The molecule has 0 aliphatic carbocycles. The van der Waals surface area contributed by atoms with Crippen LogP contribution in [-0.2, 0) is 5.75 Å². The molecule has 19 heavy (non-hydrogen) atoms. The molecule has 0 fully saturated rings. The van der Waals surface area contributed by atoms with Gasteiger partial charge in [-0.15, -0.1) is 0 Å². The molecule has 0 saturated carbocycles. The van der Waals surface area contributed by atoms with Crippen LogP contribution in [0.15, 0.2) is 35.6 Å². The Morgan fingerprint density at radius 1 is 1.37 bits per heavy atom. The van der Waals surface area contributed by atoms with Gasteiger partial charge in [0.2, 0.25) is 0 Å². The summed E-state index contributed by atoms with van der Waals surface area (Å²) < 4.78 is 5.17. The van der Waals surface area contributed by atoms with Crippen molar-refractivity contribution in [2.75, 3.05) is 12.8 Å². The number of methoxy groups -OCH3 is 1. The molecule has 2 aromatic rings. The first-order valence-corrected chi connectivity index (χ1v) is 6.49. The molecule has 5 nitrogen and oxygen atoms in total. The average molecular weight is 272 g/mol. The fraction of sp³-hybridized carbons (Fsp3) is 0.154. The number of nitrogen functional groups attached to an aromatic ring is 1. The van der Waals surface area contributed by atoms with Crippen LogP contribution in [-0.4, -0.2) is 17.1 Å². The van der Waals surface area contributed by atoms with Gasteiger partial charge in [-0.25, -0.2) is 9.97 Å². The molecule has 1 aromatic heterocycles. The van der Waals surface area contributed by atoms with Gasteiger partial charge in [-0.2, -0.15) is 5.26 Å². The van der Waals surface area contributed by atoms with Gasteiger partial charge in [0, 0.05) is 18.1 Å². The largest absolute Gasteiger partial charge is 0.495 e. The lowest BCUT2D eigenvalue weighted by molar-refractivity contribution is 0.413. The molecule has 0 bridgehead atoms. The molecule has 2 rings (SSSR count). The van der Waals surface area contributed by atoms with Gasteiger partial charge in [-0.3, -0.25) is 0 Å². The Hall–Kier alpha value is -2.26. The van der Waals surface area contributed by atoms with Crippen LogP contribution in [0.4, 0.5) is 5.82 Å². The number of anilines is 1. The fourth-order valence-corrected chi connectivity index (χ4v) is 2.34. The fourth-order valence-electron chi connectivity index (χ4n) is 1.52. The minimum Gasteiger partial charge on any atom is -0.495 e. The zero-order valence-electron chi connectivity index (χ0n) is 10.3. The smallest absolute Gasteiger partial charge is 0.156 e. The maximum absolute atomic E-state index is 8.91. The van der Waals surface area contributed by atoms with Crippen molar-refractivity contribution in [1.29, 1.82) is 5.26 Å². The van der Waals surface area contributed by atoms with Gasteiger partial charge in [-0.05, 0) is 17.7 Å². The Bertz CT molecular complexity index is 624. The third-order valence-corrected chi connectivity index (χ3v) is 3.52. The molecule has 1 aromatic carbocycles. The zero-order valence-corrected chi connectivity index (χ0v) is 11.1. The van der Waals surface area contributed by atoms with Gasteiger partial charge in [0.05, 0.1) is 12.7 Å². The summed E-state index contributed by atoms with van der Waals surface area (Å²) in [5.74, 6) is 1.69. The summed E-state index contributed by atoms with van der Waals surface area (Å²) in [6.07, 6.45) is 3.17. The van der Waals surface area contributed by atoms with Crippen molar-refractivity contribution in [1.82, 2.24) is 9.97 Å². The van der Waals surface area contributed by atoms with Crippen LogP contribution in [0.1, 0.15) is 11.1 Å². The van der Waals surface area contributed by atoms with Gasteiger partial charge in [0.15, 0.2) is 5.82 Å². The van der Waals surface area contributed by atoms with E-state index in [4.69, 9.17) is 15.7 Å². The van der Waals surface area contributed by atoms with Crippen LogP contribution in [0.25, 0.3) is 0 Å². The number of rotatable bonds is 4. The molecular weight excluding hydrogens is 260 g/mol. The lowest BCUT2D eigenvalue weighted by atomic mass is 10.1. The molecule has 6 heteroatoms.